The zero-order chi connectivity index (χ0) is 19.3. The van der Waals surface area contributed by atoms with Crippen molar-refractivity contribution in [3.05, 3.63) is 98.5 Å². The van der Waals surface area contributed by atoms with Crippen LogP contribution >= 0.6 is 27.5 Å². The highest BCUT2D eigenvalue weighted by atomic mass is 79.9. The molecule has 140 valence electrons. The highest BCUT2D eigenvalue weighted by molar-refractivity contribution is 9.10. The van der Waals surface area contributed by atoms with E-state index in [0.717, 1.165) is 39.0 Å². The molecule has 2 atom stereocenters. The Hall–Kier alpha value is -2.30. The van der Waals surface area contributed by atoms with Crippen LogP contribution in [0.25, 0.3) is 0 Å². The van der Waals surface area contributed by atoms with E-state index >= 15 is 0 Å². The van der Waals surface area contributed by atoms with Crippen molar-refractivity contribution in [1.29, 1.82) is 0 Å². The Bertz CT molecular complexity index is 1060. The average Bonchev–Trinajstić information content (AvgIpc) is 3.14. The zero-order valence-corrected chi connectivity index (χ0v) is 17.6. The fourth-order valence-corrected chi connectivity index (χ4v) is 4.27. The largest absolute Gasteiger partial charge is 0.464 e. The lowest BCUT2D eigenvalue weighted by atomic mass is 9.96. The van der Waals surface area contributed by atoms with Crippen LogP contribution in [0.2, 0.25) is 5.02 Å². The standard InChI is InChI=1S/C23H18BrClN2O/c1-14-2-4-16(5-3-14)23-27-21(19-12-18(25)10-11-22(19)28-23)13-20(26-27)15-6-8-17(24)9-7-15/h2-12,21,23H,13H2,1H3. The Labute approximate surface area is 177 Å². The van der Waals surface area contributed by atoms with Crippen molar-refractivity contribution < 1.29 is 4.74 Å². The maximum absolute atomic E-state index is 6.38. The lowest BCUT2D eigenvalue weighted by molar-refractivity contribution is -0.0190. The number of ether oxygens (including phenoxy) is 1. The van der Waals surface area contributed by atoms with Gasteiger partial charge in [0, 0.05) is 27.0 Å². The molecule has 2 aliphatic rings. The van der Waals surface area contributed by atoms with Gasteiger partial charge < -0.3 is 4.74 Å². The van der Waals surface area contributed by atoms with Crippen molar-refractivity contribution in [3.63, 3.8) is 0 Å². The number of hydrogen-bond acceptors (Lipinski definition) is 3. The third-order valence-electron chi connectivity index (χ3n) is 5.29. The minimum absolute atomic E-state index is 0.104. The van der Waals surface area contributed by atoms with Crippen molar-refractivity contribution in [2.45, 2.75) is 25.6 Å². The van der Waals surface area contributed by atoms with Crippen LogP contribution in [0.1, 0.15) is 40.9 Å². The fraction of sp³-hybridized carbons (Fsp3) is 0.174. The highest BCUT2D eigenvalue weighted by Crippen LogP contribution is 2.48. The second-order valence-corrected chi connectivity index (χ2v) is 8.57. The van der Waals surface area contributed by atoms with Gasteiger partial charge >= 0.3 is 0 Å². The third kappa shape index (κ3) is 3.11. The van der Waals surface area contributed by atoms with Gasteiger partial charge in [-0.2, -0.15) is 5.10 Å². The van der Waals surface area contributed by atoms with Crippen molar-refractivity contribution in [3.8, 4) is 5.75 Å². The highest BCUT2D eigenvalue weighted by Gasteiger charge is 2.41. The normalized spacial score (nSPS) is 20.2. The topological polar surface area (TPSA) is 24.8 Å². The quantitative estimate of drug-likeness (QED) is 0.434. The van der Waals surface area contributed by atoms with E-state index in [1.807, 2.05) is 30.3 Å². The Balaban J connectivity index is 1.59. The third-order valence-corrected chi connectivity index (χ3v) is 6.06. The van der Waals surface area contributed by atoms with Gasteiger partial charge in [0.1, 0.15) is 5.75 Å². The summed E-state index contributed by atoms with van der Waals surface area (Å²) in [6.07, 6.45) is 0.563. The van der Waals surface area contributed by atoms with Gasteiger partial charge in [0.15, 0.2) is 0 Å². The minimum atomic E-state index is -0.257. The maximum Gasteiger partial charge on any atom is 0.213 e. The van der Waals surface area contributed by atoms with Crippen molar-refractivity contribution >= 4 is 33.2 Å². The number of hydrazone groups is 1. The number of rotatable bonds is 2. The van der Waals surface area contributed by atoms with Gasteiger partial charge in [0.25, 0.3) is 0 Å². The van der Waals surface area contributed by atoms with E-state index in [2.05, 4.69) is 64.3 Å². The maximum atomic E-state index is 6.38. The molecule has 28 heavy (non-hydrogen) atoms. The zero-order valence-electron chi connectivity index (χ0n) is 15.3. The van der Waals surface area contributed by atoms with Gasteiger partial charge in [0.2, 0.25) is 6.23 Å². The second kappa shape index (κ2) is 6.94. The average molecular weight is 454 g/mol. The predicted octanol–water partition coefficient (Wildman–Crippen LogP) is 6.65. The van der Waals surface area contributed by atoms with E-state index in [0.29, 0.717) is 5.02 Å². The summed E-state index contributed by atoms with van der Waals surface area (Å²) in [6, 6.07) is 22.7. The first-order valence-corrected chi connectivity index (χ1v) is 10.4. The molecule has 0 aliphatic carbocycles. The molecule has 3 aromatic rings. The molecule has 2 unspecified atom stereocenters. The summed E-state index contributed by atoms with van der Waals surface area (Å²) < 4.78 is 7.44. The van der Waals surface area contributed by atoms with E-state index in [1.165, 1.54) is 5.56 Å². The molecule has 5 heteroatoms. The molecule has 0 bridgehead atoms. The Morgan fingerprint density at radius 1 is 1.04 bits per heavy atom. The summed E-state index contributed by atoms with van der Waals surface area (Å²) in [6.45, 7) is 2.09. The molecule has 3 aromatic carbocycles. The van der Waals surface area contributed by atoms with E-state index in [9.17, 15) is 0 Å². The van der Waals surface area contributed by atoms with Crippen LogP contribution in [-0.4, -0.2) is 10.7 Å². The van der Waals surface area contributed by atoms with Gasteiger partial charge in [0.05, 0.1) is 11.8 Å². The number of hydrogen-bond donors (Lipinski definition) is 0. The number of halogens is 2. The Morgan fingerprint density at radius 3 is 2.54 bits per heavy atom. The van der Waals surface area contributed by atoms with E-state index in [4.69, 9.17) is 21.4 Å². The van der Waals surface area contributed by atoms with Crippen LogP contribution in [0, 0.1) is 6.92 Å². The van der Waals surface area contributed by atoms with E-state index in [1.54, 1.807) is 0 Å². The summed E-state index contributed by atoms with van der Waals surface area (Å²) in [5.74, 6) is 0.878. The Kier molecular flexibility index (Phi) is 4.41. The van der Waals surface area contributed by atoms with Crippen LogP contribution in [0.15, 0.2) is 76.3 Å². The fourth-order valence-electron chi connectivity index (χ4n) is 3.83. The molecule has 0 radical (unpaired) electrons. The molecule has 5 rings (SSSR count). The molecule has 0 amide bonds. The molecule has 0 saturated carbocycles. The van der Waals surface area contributed by atoms with Crippen molar-refractivity contribution in [1.82, 2.24) is 5.01 Å². The lowest BCUT2D eigenvalue weighted by Gasteiger charge is -2.38. The van der Waals surface area contributed by atoms with Gasteiger partial charge in [-0.3, -0.25) is 0 Å². The van der Waals surface area contributed by atoms with E-state index in [-0.39, 0.29) is 12.3 Å². The van der Waals surface area contributed by atoms with Crippen molar-refractivity contribution in [2.24, 2.45) is 5.10 Å². The SMILES string of the molecule is Cc1ccc(C2Oc3ccc(Cl)cc3C3CC(c4ccc(Br)cc4)=NN32)cc1. The predicted molar refractivity (Wildman–Crippen MR) is 116 cm³/mol. The lowest BCUT2D eigenvalue weighted by Crippen LogP contribution is -2.33. The molecular weight excluding hydrogens is 436 g/mol. The second-order valence-electron chi connectivity index (χ2n) is 7.22. The van der Waals surface area contributed by atoms with Gasteiger partial charge in [-0.25, -0.2) is 5.01 Å². The minimum Gasteiger partial charge on any atom is -0.464 e. The van der Waals surface area contributed by atoms with Crippen LogP contribution in [0.3, 0.4) is 0 Å². The molecule has 0 N–H and O–H groups in total. The first-order chi connectivity index (χ1) is 13.6. The van der Waals surface area contributed by atoms with Crippen molar-refractivity contribution in [2.75, 3.05) is 0 Å². The monoisotopic (exact) mass is 452 g/mol. The smallest absolute Gasteiger partial charge is 0.213 e. The number of benzene rings is 3. The number of aryl methyl sites for hydroxylation is 1. The molecule has 0 spiro atoms. The summed E-state index contributed by atoms with van der Waals surface area (Å²) in [5.41, 5.74) is 5.60. The van der Waals surface area contributed by atoms with Gasteiger partial charge in [-0.15, -0.1) is 0 Å². The molecular formula is C23H18BrClN2O. The summed E-state index contributed by atoms with van der Waals surface area (Å²) >= 11 is 9.80. The first-order valence-electron chi connectivity index (χ1n) is 9.23. The van der Waals surface area contributed by atoms with Crippen LogP contribution in [0.4, 0.5) is 0 Å². The Morgan fingerprint density at radius 2 is 1.79 bits per heavy atom. The summed E-state index contributed by atoms with van der Waals surface area (Å²) in [4.78, 5) is 0. The number of fused-ring (bicyclic) bond motifs is 3. The molecule has 0 fully saturated rings. The summed E-state index contributed by atoms with van der Waals surface area (Å²) in [5, 5.41) is 7.79. The van der Waals surface area contributed by atoms with Crippen LogP contribution in [0.5, 0.6) is 5.75 Å². The van der Waals surface area contributed by atoms with E-state index < -0.39 is 0 Å². The summed E-state index contributed by atoms with van der Waals surface area (Å²) in [7, 11) is 0. The molecule has 2 aliphatic heterocycles. The molecule has 0 saturated heterocycles. The first kappa shape index (κ1) is 17.8. The number of nitrogens with zero attached hydrogens (tertiary/aromatic N) is 2. The molecule has 0 aromatic heterocycles. The van der Waals surface area contributed by atoms with Crippen LogP contribution < -0.4 is 4.74 Å². The molecule has 2 heterocycles. The molecule has 3 nitrogen and oxygen atoms in total. The van der Waals surface area contributed by atoms with Crippen LogP contribution in [-0.2, 0) is 0 Å². The van der Waals surface area contributed by atoms with Gasteiger partial charge in [-0.1, -0.05) is 69.5 Å². The van der Waals surface area contributed by atoms with Gasteiger partial charge in [-0.05, 0) is 42.8 Å².